The van der Waals surface area contributed by atoms with Crippen LogP contribution in [-0.2, 0) is 19.3 Å². The van der Waals surface area contributed by atoms with Gasteiger partial charge in [-0.25, -0.2) is 0 Å². The summed E-state index contributed by atoms with van der Waals surface area (Å²) >= 11 is 1.28. The zero-order valence-electron chi connectivity index (χ0n) is 20.9. The molecule has 0 amide bonds. The van der Waals surface area contributed by atoms with E-state index in [1.54, 1.807) is 0 Å². The van der Waals surface area contributed by atoms with Gasteiger partial charge in [0.15, 0.2) is 0 Å². The Labute approximate surface area is 212 Å². The number of aromatic nitrogens is 1. The number of phenolic OH excluding ortho intramolecular Hbond substituents is 1. The van der Waals surface area contributed by atoms with Gasteiger partial charge in [0, 0.05) is 6.04 Å². The van der Waals surface area contributed by atoms with E-state index in [0.29, 0.717) is 11.7 Å². The lowest BCUT2D eigenvalue weighted by atomic mass is 9.86. The number of fused-ring (bicyclic) bond motifs is 2. The summed E-state index contributed by atoms with van der Waals surface area (Å²) in [5.41, 5.74) is 11.2. The molecule has 0 radical (unpaired) electrons. The number of anilines is 1. The lowest BCUT2D eigenvalue weighted by molar-refractivity contribution is 0.176. The van der Waals surface area contributed by atoms with Crippen molar-refractivity contribution in [2.75, 3.05) is 31.9 Å². The number of nitrogens with one attached hydrogen (secondary N) is 2. The third-order valence-corrected chi connectivity index (χ3v) is 8.05. The number of benzene rings is 2. The first-order chi connectivity index (χ1) is 17.0. The molecular weight excluding hydrogens is 456 g/mol. The normalized spacial score (nSPS) is 15.7. The van der Waals surface area contributed by atoms with Crippen molar-refractivity contribution < 1.29 is 5.11 Å². The quantitative estimate of drug-likeness (QED) is 0.154. The van der Waals surface area contributed by atoms with Gasteiger partial charge in [-0.3, -0.25) is 4.79 Å². The largest absolute Gasteiger partial charge is 0.506 e. The Kier molecular flexibility index (Phi) is 9.24. The Hall–Kier alpha value is -2.35. The molecule has 3 aromatic rings. The molecule has 0 fully saturated rings. The number of unbranched alkanes of at least 4 members (excludes halogenated alkanes) is 3. The van der Waals surface area contributed by atoms with E-state index >= 15 is 0 Å². The van der Waals surface area contributed by atoms with Crippen LogP contribution in [0.15, 0.2) is 35.1 Å². The van der Waals surface area contributed by atoms with Crippen LogP contribution in [0.3, 0.4) is 0 Å². The van der Waals surface area contributed by atoms with Gasteiger partial charge in [-0.05, 0) is 112 Å². The molecule has 4 rings (SSSR count). The van der Waals surface area contributed by atoms with Crippen LogP contribution in [0.4, 0.5) is 5.69 Å². The van der Waals surface area contributed by atoms with E-state index in [4.69, 9.17) is 5.73 Å². The first kappa shape index (κ1) is 25.7. The minimum atomic E-state index is 0.0171. The molecule has 0 saturated carbocycles. The highest BCUT2D eigenvalue weighted by Gasteiger charge is 2.24. The Morgan fingerprint density at radius 3 is 2.83 bits per heavy atom. The van der Waals surface area contributed by atoms with Gasteiger partial charge in [0.2, 0.25) is 0 Å². The van der Waals surface area contributed by atoms with E-state index in [-0.39, 0.29) is 10.6 Å². The molecule has 1 aromatic heterocycles. The summed E-state index contributed by atoms with van der Waals surface area (Å²) in [6.45, 7) is 6.62. The molecule has 5 N–H and O–H groups in total. The minimum Gasteiger partial charge on any atom is -0.506 e. The highest BCUT2D eigenvalue weighted by atomic mass is 32.1. The Morgan fingerprint density at radius 1 is 1.11 bits per heavy atom. The molecule has 0 aliphatic heterocycles. The van der Waals surface area contributed by atoms with E-state index in [0.717, 1.165) is 55.5 Å². The zero-order chi connectivity index (χ0) is 24.6. The average molecular weight is 497 g/mol. The van der Waals surface area contributed by atoms with Crippen molar-refractivity contribution in [2.24, 2.45) is 0 Å². The summed E-state index contributed by atoms with van der Waals surface area (Å²) in [6.07, 6.45) is 10.4. The van der Waals surface area contributed by atoms with Crippen LogP contribution in [-0.4, -0.2) is 47.2 Å². The van der Waals surface area contributed by atoms with Gasteiger partial charge < -0.3 is 26.0 Å². The molecule has 1 aliphatic rings. The predicted molar refractivity (Wildman–Crippen MR) is 148 cm³/mol. The Bertz CT molecular complexity index is 1160. The van der Waals surface area contributed by atoms with Gasteiger partial charge >= 0.3 is 4.87 Å². The fourth-order valence-corrected chi connectivity index (χ4v) is 6.09. The molecule has 0 bridgehead atoms. The average Bonchev–Trinajstić information content (AvgIpc) is 3.22. The number of aromatic amines is 1. The lowest BCUT2D eigenvalue weighted by Gasteiger charge is -2.35. The van der Waals surface area contributed by atoms with Crippen molar-refractivity contribution in [1.82, 2.24) is 15.2 Å². The number of aromatic hydroxyl groups is 1. The number of nitrogens with zero attached hydrogens (tertiary/aromatic N) is 1. The molecule has 35 heavy (non-hydrogen) atoms. The molecule has 190 valence electrons. The summed E-state index contributed by atoms with van der Waals surface area (Å²) in [5.74, 6) is 0.222. The summed E-state index contributed by atoms with van der Waals surface area (Å²) in [6, 6.07) is 10.7. The lowest BCUT2D eigenvalue weighted by Crippen LogP contribution is -2.40. The van der Waals surface area contributed by atoms with Gasteiger partial charge in [-0.2, -0.15) is 0 Å². The van der Waals surface area contributed by atoms with E-state index in [9.17, 15) is 9.90 Å². The maximum Gasteiger partial charge on any atom is 0.305 e. The molecule has 1 heterocycles. The number of rotatable bonds is 13. The van der Waals surface area contributed by atoms with Gasteiger partial charge in [0.1, 0.15) is 5.75 Å². The third kappa shape index (κ3) is 7.09. The maximum absolute atomic E-state index is 11.5. The fraction of sp³-hybridized carbons (Fsp3) is 0.536. The molecule has 1 atom stereocenters. The Morgan fingerprint density at radius 2 is 1.97 bits per heavy atom. The second-order valence-corrected chi connectivity index (χ2v) is 10.9. The van der Waals surface area contributed by atoms with E-state index in [2.05, 4.69) is 34.3 Å². The number of nitrogens with two attached hydrogens (primary N) is 1. The number of phenols is 1. The van der Waals surface area contributed by atoms with Gasteiger partial charge in [0.25, 0.3) is 0 Å². The number of hydrogen-bond donors (Lipinski definition) is 4. The van der Waals surface area contributed by atoms with Crippen LogP contribution < -0.4 is 15.9 Å². The van der Waals surface area contributed by atoms with Crippen molar-refractivity contribution in [3.05, 3.63) is 56.7 Å². The number of aryl methyl sites for hydroxylation is 1. The van der Waals surface area contributed by atoms with Gasteiger partial charge in [0.05, 0.1) is 15.9 Å². The first-order valence-corrected chi connectivity index (χ1v) is 14.0. The van der Waals surface area contributed by atoms with Crippen molar-refractivity contribution in [3.63, 3.8) is 0 Å². The summed E-state index contributed by atoms with van der Waals surface area (Å²) in [4.78, 5) is 17.0. The number of thiazole rings is 1. The molecular formula is C28H40N4O2S. The summed E-state index contributed by atoms with van der Waals surface area (Å²) in [7, 11) is 0. The fourth-order valence-electron chi connectivity index (χ4n) is 5.29. The minimum absolute atomic E-state index is 0.0171. The molecule has 7 heteroatoms. The van der Waals surface area contributed by atoms with Gasteiger partial charge in [-0.15, -0.1) is 0 Å². The summed E-state index contributed by atoms with van der Waals surface area (Å²) in [5, 5.41) is 13.5. The highest BCUT2D eigenvalue weighted by molar-refractivity contribution is 7.16. The second kappa shape index (κ2) is 12.6. The van der Waals surface area contributed by atoms with E-state index < -0.39 is 0 Å². The third-order valence-electron chi connectivity index (χ3n) is 7.20. The van der Waals surface area contributed by atoms with Crippen LogP contribution in [0.5, 0.6) is 5.75 Å². The molecule has 0 saturated heterocycles. The SMILES string of the molecule is CCCN(CCCCCCNCCc1ccc2[nH]c(=O)sc2c1)C1CCc2cc(O)c(N)cc2C1. The van der Waals surface area contributed by atoms with Crippen molar-refractivity contribution in [3.8, 4) is 5.75 Å². The molecule has 1 aliphatic carbocycles. The second-order valence-electron chi connectivity index (χ2n) is 9.87. The Balaban J connectivity index is 1.11. The van der Waals surface area contributed by atoms with Crippen molar-refractivity contribution in [1.29, 1.82) is 0 Å². The van der Waals surface area contributed by atoms with Gasteiger partial charge in [-0.1, -0.05) is 37.2 Å². The smallest absolute Gasteiger partial charge is 0.305 e. The van der Waals surface area contributed by atoms with Crippen LogP contribution in [0.1, 0.15) is 62.1 Å². The van der Waals surface area contributed by atoms with Crippen molar-refractivity contribution in [2.45, 2.75) is 70.8 Å². The van der Waals surface area contributed by atoms with Crippen molar-refractivity contribution >= 4 is 27.2 Å². The number of hydrogen-bond acceptors (Lipinski definition) is 6. The molecule has 0 spiro atoms. The van der Waals surface area contributed by atoms with E-state index in [1.807, 2.05) is 18.2 Å². The topological polar surface area (TPSA) is 94.4 Å². The first-order valence-electron chi connectivity index (χ1n) is 13.2. The molecule has 2 aromatic carbocycles. The number of H-pyrrole nitrogens is 1. The molecule has 6 nitrogen and oxygen atoms in total. The van der Waals surface area contributed by atoms with Crippen LogP contribution in [0, 0.1) is 0 Å². The predicted octanol–water partition coefficient (Wildman–Crippen LogP) is 4.84. The monoisotopic (exact) mass is 496 g/mol. The summed E-state index contributed by atoms with van der Waals surface area (Å²) < 4.78 is 1.05. The highest BCUT2D eigenvalue weighted by Crippen LogP contribution is 2.31. The number of nitrogen functional groups attached to an aromatic ring is 1. The maximum atomic E-state index is 11.5. The van der Waals surface area contributed by atoms with Crippen LogP contribution in [0.2, 0.25) is 0 Å². The molecule has 1 unspecified atom stereocenters. The standard InChI is InChI=1S/C28H40N4O2S/c1-2-14-32(23-9-8-21-19-26(33)24(29)18-22(21)17-23)15-6-4-3-5-12-30-13-11-20-7-10-25-27(16-20)35-28(34)31-25/h7,10,16,18-19,23,30,33H,2-6,8-9,11-15,17,29H2,1H3,(H,31,34). The zero-order valence-corrected chi connectivity index (χ0v) is 21.8. The van der Waals surface area contributed by atoms with E-state index in [1.165, 1.54) is 66.7 Å². The van der Waals surface area contributed by atoms with Crippen LogP contribution in [0.25, 0.3) is 10.2 Å². The van der Waals surface area contributed by atoms with Crippen LogP contribution >= 0.6 is 11.3 Å².